The van der Waals surface area contributed by atoms with E-state index >= 15 is 0 Å². The largest absolute Gasteiger partial charge is 0.396 e. The first kappa shape index (κ1) is 13.4. The van der Waals surface area contributed by atoms with E-state index in [2.05, 4.69) is 4.57 Å². The molecule has 2 N–H and O–H groups in total. The minimum absolute atomic E-state index is 0.156. The number of nitrogens with zero attached hydrogens (tertiary/aromatic N) is 1. The van der Waals surface area contributed by atoms with Gasteiger partial charge in [-0.05, 0) is 31.9 Å². The Kier molecular flexibility index (Phi) is 3.95. The number of halogens is 1. The fraction of sp³-hybridized carbons (Fsp3) is 0.429. The van der Waals surface area contributed by atoms with Crippen LogP contribution in [0.5, 0.6) is 0 Å². The summed E-state index contributed by atoms with van der Waals surface area (Å²) in [4.78, 5) is 0. The quantitative estimate of drug-likeness (QED) is 0.894. The molecule has 0 spiro atoms. The van der Waals surface area contributed by atoms with Crippen molar-refractivity contribution in [2.75, 3.05) is 6.61 Å². The number of aliphatic hydroxyl groups is 2. The monoisotopic (exact) mass is 267 g/mol. The van der Waals surface area contributed by atoms with Crippen LogP contribution in [0, 0.1) is 6.92 Å². The summed E-state index contributed by atoms with van der Waals surface area (Å²) in [5.74, 6) is 0. The lowest BCUT2D eigenvalue weighted by Crippen LogP contribution is -1.99. The van der Waals surface area contributed by atoms with Crippen molar-refractivity contribution in [2.24, 2.45) is 0 Å². The molecule has 2 rings (SSSR count). The first-order valence-electron chi connectivity index (χ1n) is 6.13. The summed E-state index contributed by atoms with van der Waals surface area (Å²) in [7, 11) is 0. The molecule has 1 atom stereocenters. The average Bonchev–Trinajstić information content (AvgIpc) is 2.71. The predicted molar refractivity (Wildman–Crippen MR) is 74.0 cm³/mol. The van der Waals surface area contributed by atoms with E-state index in [-0.39, 0.29) is 6.61 Å². The molecule has 0 saturated heterocycles. The number of aromatic nitrogens is 1. The molecule has 0 aliphatic rings. The Hall–Kier alpha value is -1.03. The number of fused-ring (bicyclic) bond motifs is 1. The van der Waals surface area contributed by atoms with Crippen LogP contribution in [0.1, 0.15) is 30.6 Å². The zero-order valence-electron chi connectivity index (χ0n) is 10.7. The van der Waals surface area contributed by atoms with Gasteiger partial charge in [0, 0.05) is 35.3 Å². The zero-order chi connectivity index (χ0) is 13.3. The van der Waals surface area contributed by atoms with Gasteiger partial charge in [0.1, 0.15) is 0 Å². The molecule has 3 nitrogen and oxygen atoms in total. The van der Waals surface area contributed by atoms with Gasteiger partial charge in [-0.25, -0.2) is 0 Å². The van der Waals surface area contributed by atoms with Crippen LogP contribution in [-0.2, 0) is 6.54 Å². The fourth-order valence-corrected chi connectivity index (χ4v) is 2.48. The summed E-state index contributed by atoms with van der Waals surface area (Å²) >= 11 is 6.16. The second-order valence-corrected chi connectivity index (χ2v) is 5.01. The molecule has 1 unspecified atom stereocenters. The number of benzene rings is 1. The van der Waals surface area contributed by atoms with Crippen LogP contribution in [0.25, 0.3) is 10.9 Å². The summed E-state index contributed by atoms with van der Waals surface area (Å²) in [5, 5.41) is 20.5. The minimum Gasteiger partial charge on any atom is -0.396 e. The fourth-order valence-electron chi connectivity index (χ4n) is 2.33. The Bertz CT molecular complexity index is 560. The number of hydrogen-bond acceptors (Lipinski definition) is 2. The highest BCUT2D eigenvalue weighted by Crippen LogP contribution is 2.32. The van der Waals surface area contributed by atoms with Gasteiger partial charge in [-0.15, -0.1) is 0 Å². The Labute approximate surface area is 112 Å². The van der Waals surface area contributed by atoms with Crippen LogP contribution in [0.4, 0.5) is 0 Å². The third kappa shape index (κ3) is 2.26. The molecule has 0 saturated carbocycles. The van der Waals surface area contributed by atoms with Gasteiger partial charge in [0.2, 0.25) is 0 Å². The van der Waals surface area contributed by atoms with Gasteiger partial charge in [-0.1, -0.05) is 17.7 Å². The smallest absolute Gasteiger partial charge is 0.0782 e. The van der Waals surface area contributed by atoms with Crippen molar-refractivity contribution < 1.29 is 10.2 Å². The maximum absolute atomic E-state index is 9.82. The molecule has 0 bridgehead atoms. The van der Waals surface area contributed by atoms with E-state index in [9.17, 15) is 5.11 Å². The molecule has 1 heterocycles. The molecular formula is C14H18ClNO2. The Balaban J connectivity index is 2.65. The summed E-state index contributed by atoms with van der Waals surface area (Å²) in [6.45, 7) is 4.62. The van der Waals surface area contributed by atoms with Crippen molar-refractivity contribution in [3.8, 4) is 0 Å². The van der Waals surface area contributed by atoms with Crippen LogP contribution in [0.3, 0.4) is 0 Å². The van der Waals surface area contributed by atoms with Crippen LogP contribution in [0.15, 0.2) is 18.3 Å². The normalized spacial score (nSPS) is 13.2. The number of aliphatic hydroxyl groups excluding tert-OH is 2. The van der Waals surface area contributed by atoms with Crippen LogP contribution >= 0.6 is 11.6 Å². The highest BCUT2D eigenvalue weighted by atomic mass is 35.5. The SMILES string of the molecule is Cc1c(Cl)ccc2c(C(C)O)cn(CCCO)c12. The maximum atomic E-state index is 9.82. The lowest BCUT2D eigenvalue weighted by molar-refractivity contribution is 0.200. The number of rotatable bonds is 4. The summed E-state index contributed by atoms with van der Waals surface area (Å²) < 4.78 is 2.06. The Morgan fingerprint density at radius 2 is 2.11 bits per heavy atom. The molecule has 1 aromatic carbocycles. The summed E-state index contributed by atoms with van der Waals surface area (Å²) in [5.41, 5.74) is 2.97. The second-order valence-electron chi connectivity index (χ2n) is 4.60. The van der Waals surface area contributed by atoms with Crippen LogP contribution < -0.4 is 0 Å². The zero-order valence-corrected chi connectivity index (χ0v) is 11.4. The maximum Gasteiger partial charge on any atom is 0.0782 e. The first-order chi connectivity index (χ1) is 8.56. The van der Waals surface area contributed by atoms with Gasteiger partial charge in [0.15, 0.2) is 0 Å². The molecule has 18 heavy (non-hydrogen) atoms. The molecule has 0 fully saturated rings. The van der Waals surface area contributed by atoms with Crippen molar-refractivity contribution in [1.82, 2.24) is 4.57 Å². The topological polar surface area (TPSA) is 45.4 Å². The molecule has 2 aromatic rings. The molecule has 1 aromatic heterocycles. The van der Waals surface area contributed by atoms with Crippen molar-refractivity contribution >= 4 is 22.5 Å². The van der Waals surface area contributed by atoms with Gasteiger partial charge in [-0.2, -0.15) is 0 Å². The lowest BCUT2D eigenvalue weighted by atomic mass is 10.1. The minimum atomic E-state index is -0.511. The van der Waals surface area contributed by atoms with Crippen molar-refractivity contribution in [2.45, 2.75) is 32.9 Å². The standard InChI is InChI=1S/C14H18ClNO2/c1-9-13(15)5-4-11-12(10(2)18)8-16(14(9)11)6-3-7-17/h4-5,8,10,17-18H,3,6-7H2,1-2H3. The summed E-state index contributed by atoms with van der Waals surface area (Å²) in [6, 6.07) is 3.81. The molecule has 0 aliphatic carbocycles. The predicted octanol–water partition coefficient (Wildman–Crippen LogP) is 3.04. The van der Waals surface area contributed by atoms with E-state index in [0.717, 1.165) is 33.6 Å². The van der Waals surface area contributed by atoms with Crippen molar-refractivity contribution in [1.29, 1.82) is 0 Å². The highest BCUT2D eigenvalue weighted by molar-refractivity contribution is 6.32. The molecular weight excluding hydrogens is 250 g/mol. The van der Waals surface area contributed by atoms with E-state index < -0.39 is 6.10 Å². The van der Waals surface area contributed by atoms with Gasteiger partial charge in [-0.3, -0.25) is 0 Å². The van der Waals surface area contributed by atoms with Crippen molar-refractivity contribution in [3.05, 3.63) is 34.5 Å². The average molecular weight is 268 g/mol. The van der Waals surface area contributed by atoms with E-state index in [1.54, 1.807) is 6.92 Å². The van der Waals surface area contributed by atoms with E-state index in [4.69, 9.17) is 16.7 Å². The summed E-state index contributed by atoms with van der Waals surface area (Å²) in [6.07, 6.45) is 2.13. The highest BCUT2D eigenvalue weighted by Gasteiger charge is 2.15. The molecule has 4 heteroatoms. The number of hydrogen-bond donors (Lipinski definition) is 2. The van der Waals surface area contributed by atoms with E-state index in [0.29, 0.717) is 6.42 Å². The third-order valence-electron chi connectivity index (χ3n) is 3.27. The van der Waals surface area contributed by atoms with Gasteiger partial charge < -0.3 is 14.8 Å². The van der Waals surface area contributed by atoms with Crippen LogP contribution in [-0.4, -0.2) is 21.4 Å². The van der Waals surface area contributed by atoms with E-state index in [1.807, 2.05) is 25.3 Å². The van der Waals surface area contributed by atoms with Crippen molar-refractivity contribution in [3.63, 3.8) is 0 Å². The Morgan fingerprint density at radius 3 is 2.72 bits per heavy atom. The molecule has 0 radical (unpaired) electrons. The Morgan fingerprint density at radius 1 is 1.39 bits per heavy atom. The molecule has 98 valence electrons. The van der Waals surface area contributed by atoms with Crippen LogP contribution in [0.2, 0.25) is 5.02 Å². The first-order valence-corrected chi connectivity index (χ1v) is 6.50. The molecule has 0 amide bonds. The van der Waals surface area contributed by atoms with E-state index in [1.165, 1.54) is 0 Å². The number of aryl methyl sites for hydroxylation is 2. The molecule has 0 aliphatic heterocycles. The lowest BCUT2D eigenvalue weighted by Gasteiger charge is -2.07. The second kappa shape index (κ2) is 5.31. The van der Waals surface area contributed by atoms with Gasteiger partial charge in [0.25, 0.3) is 0 Å². The van der Waals surface area contributed by atoms with Gasteiger partial charge in [0.05, 0.1) is 11.6 Å². The third-order valence-corrected chi connectivity index (χ3v) is 3.67. The van der Waals surface area contributed by atoms with Gasteiger partial charge >= 0.3 is 0 Å².